The van der Waals surface area contributed by atoms with E-state index in [1.165, 1.54) is 44.9 Å². The van der Waals surface area contributed by atoms with Gasteiger partial charge in [-0.3, -0.25) is 0 Å². The highest BCUT2D eigenvalue weighted by molar-refractivity contribution is 4.84. The van der Waals surface area contributed by atoms with Gasteiger partial charge in [0.1, 0.15) is 0 Å². The molecule has 0 aliphatic rings. The van der Waals surface area contributed by atoms with Crippen molar-refractivity contribution in [1.82, 2.24) is 5.32 Å². The van der Waals surface area contributed by atoms with Gasteiger partial charge < -0.3 is 10.1 Å². The monoisotopic (exact) mass is 257 g/mol. The second-order valence-corrected chi connectivity index (χ2v) is 6.00. The summed E-state index contributed by atoms with van der Waals surface area (Å²) >= 11 is 0. The molecule has 1 atom stereocenters. The fraction of sp³-hybridized carbons (Fsp3) is 1.00. The molecular weight excluding hydrogens is 222 g/mol. The van der Waals surface area contributed by atoms with Gasteiger partial charge in [0.05, 0.1) is 6.61 Å². The molecule has 0 spiro atoms. The molecular formula is C16H35NO. The molecule has 0 saturated heterocycles. The van der Waals surface area contributed by atoms with E-state index in [0.717, 1.165) is 13.2 Å². The summed E-state index contributed by atoms with van der Waals surface area (Å²) in [5, 5.41) is 3.36. The molecule has 0 amide bonds. The SMILES string of the molecule is CCCCCCCCC(CNC)(COC)C(C)C. The Bertz CT molecular complexity index is 174. The lowest BCUT2D eigenvalue weighted by atomic mass is 9.73. The molecule has 1 N–H and O–H groups in total. The highest BCUT2D eigenvalue weighted by atomic mass is 16.5. The quantitative estimate of drug-likeness (QED) is 0.528. The van der Waals surface area contributed by atoms with Gasteiger partial charge in [-0.15, -0.1) is 0 Å². The first-order chi connectivity index (χ1) is 8.63. The van der Waals surface area contributed by atoms with Crippen molar-refractivity contribution in [3.05, 3.63) is 0 Å². The van der Waals surface area contributed by atoms with E-state index in [4.69, 9.17) is 4.74 Å². The van der Waals surface area contributed by atoms with Gasteiger partial charge >= 0.3 is 0 Å². The molecule has 0 aromatic rings. The second-order valence-electron chi connectivity index (χ2n) is 6.00. The van der Waals surface area contributed by atoms with Gasteiger partial charge in [-0.05, 0) is 19.4 Å². The minimum absolute atomic E-state index is 0.314. The Morgan fingerprint density at radius 1 is 1.06 bits per heavy atom. The van der Waals surface area contributed by atoms with Gasteiger partial charge in [0.15, 0.2) is 0 Å². The maximum absolute atomic E-state index is 5.48. The lowest BCUT2D eigenvalue weighted by molar-refractivity contribution is 0.0347. The molecule has 0 radical (unpaired) electrons. The van der Waals surface area contributed by atoms with Crippen molar-refractivity contribution >= 4 is 0 Å². The van der Waals surface area contributed by atoms with Crippen molar-refractivity contribution in [2.75, 3.05) is 27.3 Å². The molecule has 0 rings (SSSR count). The van der Waals surface area contributed by atoms with E-state index >= 15 is 0 Å². The van der Waals surface area contributed by atoms with Gasteiger partial charge in [0.2, 0.25) is 0 Å². The normalized spacial score (nSPS) is 15.0. The van der Waals surface area contributed by atoms with Crippen molar-refractivity contribution in [3.63, 3.8) is 0 Å². The molecule has 0 saturated carbocycles. The third kappa shape index (κ3) is 6.75. The van der Waals surface area contributed by atoms with Crippen LogP contribution in [0.4, 0.5) is 0 Å². The van der Waals surface area contributed by atoms with E-state index in [1.54, 1.807) is 0 Å². The van der Waals surface area contributed by atoms with E-state index in [9.17, 15) is 0 Å². The van der Waals surface area contributed by atoms with Crippen LogP contribution in [-0.2, 0) is 4.74 Å². The van der Waals surface area contributed by atoms with Crippen LogP contribution in [-0.4, -0.2) is 27.3 Å². The Morgan fingerprint density at radius 2 is 1.67 bits per heavy atom. The molecule has 2 heteroatoms. The van der Waals surface area contributed by atoms with Crippen molar-refractivity contribution < 1.29 is 4.74 Å². The van der Waals surface area contributed by atoms with Crippen LogP contribution in [0.15, 0.2) is 0 Å². The zero-order valence-electron chi connectivity index (χ0n) is 13.3. The average Bonchev–Trinajstić information content (AvgIpc) is 2.33. The standard InChI is InChI=1S/C16H35NO/c1-6-7-8-9-10-11-12-16(13-17-4,14-18-5)15(2)3/h15,17H,6-14H2,1-5H3. The second kappa shape index (κ2) is 10.8. The van der Waals surface area contributed by atoms with E-state index in [-0.39, 0.29) is 0 Å². The van der Waals surface area contributed by atoms with Crippen LogP contribution in [0.3, 0.4) is 0 Å². The Kier molecular flexibility index (Phi) is 10.8. The van der Waals surface area contributed by atoms with Crippen LogP contribution in [0.25, 0.3) is 0 Å². The average molecular weight is 257 g/mol. The Labute approximate surface area is 115 Å². The van der Waals surface area contributed by atoms with Crippen LogP contribution >= 0.6 is 0 Å². The van der Waals surface area contributed by atoms with Gasteiger partial charge in [-0.2, -0.15) is 0 Å². The van der Waals surface area contributed by atoms with E-state index in [0.29, 0.717) is 11.3 Å². The Balaban J connectivity index is 4.06. The highest BCUT2D eigenvalue weighted by Crippen LogP contribution is 2.33. The van der Waals surface area contributed by atoms with Crippen molar-refractivity contribution in [2.45, 2.75) is 65.7 Å². The number of hydrogen-bond donors (Lipinski definition) is 1. The molecule has 0 aromatic heterocycles. The van der Waals surface area contributed by atoms with E-state index in [2.05, 4.69) is 26.1 Å². The summed E-state index contributed by atoms with van der Waals surface area (Å²) in [6, 6.07) is 0. The molecule has 0 heterocycles. The number of nitrogens with one attached hydrogen (secondary N) is 1. The molecule has 0 aliphatic heterocycles. The number of rotatable bonds is 12. The van der Waals surface area contributed by atoms with E-state index < -0.39 is 0 Å². The van der Waals surface area contributed by atoms with Gasteiger partial charge in [0, 0.05) is 19.1 Å². The minimum atomic E-state index is 0.314. The number of methoxy groups -OCH3 is 1. The zero-order valence-corrected chi connectivity index (χ0v) is 13.3. The summed E-state index contributed by atoms with van der Waals surface area (Å²) in [6.45, 7) is 8.87. The zero-order chi connectivity index (χ0) is 13.9. The predicted molar refractivity (Wildman–Crippen MR) is 81.1 cm³/mol. The fourth-order valence-corrected chi connectivity index (χ4v) is 2.77. The number of ether oxygens (including phenoxy) is 1. The number of unbranched alkanes of at least 4 members (excludes halogenated alkanes) is 5. The van der Waals surface area contributed by atoms with Crippen molar-refractivity contribution in [1.29, 1.82) is 0 Å². The molecule has 18 heavy (non-hydrogen) atoms. The largest absolute Gasteiger partial charge is 0.384 e. The van der Waals surface area contributed by atoms with Crippen LogP contribution in [0, 0.1) is 11.3 Å². The van der Waals surface area contributed by atoms with Crippen LogP contribution < -0.4 is 5.32 Å². The molecule has 0 aromatic carbocycles. The summed E-state index contributed by atoms with van der Waals surface area (Å²) in [7, 11) is 3.88. The van der Waals surface area contributed by atoms with Crippen molar-refractivity contribution in [3.8, 4) is 0 Å². The summed E-state index contributed by atoms with van der Waals surface area (Å²) in [5.41, 5.74) is 0.314. The summed E-state index contributed by atoms with van der Waals surface area (Å²) < 4.78 is 5.48. The summed E-state index contributed by atoms with van der Waals surface area (Å²) in [4.78, 5) is 0. The summed E-state index contributed by atoms with van der Waals surface area (Å²) in [5.74, 6) is 0.667. The van der Waals surface area contributed by atoms with Crippen LogP contribution in [0.1, 0.15) is 65.7 Å². The first-order valence-corrected chi connectivity index (χ1v) is 7.76. The van der Waals surface area contributed by atoms with Crippen LogP contribution in [0.5, 0.6) is 0 Å². The molecule has 0 fully saturated rings. The van der Waals surface area contributed by atoms with Gasteiger partial charge in [-0.1, -0.05) is 59.3 Å². The molecule has 2 nitrogen and oxygen atoms in total. The molecule has 1 unspecified atom stereocenters. The maximum Gasteiger partial charge on any atom is 0.0533 e. The molecule has 0 aliphatic carbocycles. The fourth-order valence-electron chi connectivity index (χ4n) is 2.77. The number of hydrogen-bond acceptors (Lipinski definition) is 2. The van der Waals surface area contributed by atoms with Gasteiger partial charge in [0.25, 0.3) is 0 Å². The topological polar surface area (TPSA) is 21.3 Å². The van der Waals surface area contributed by atoms with Gasteiger partial charge in [-0.25, -0.2) is 0 Å². The minimum Gasteiger partial charge on any atom is -0.384 e. The smallest absolute Gasteiger partial charge is 0.0533 e. The first-order valence-electron chi connectivity index (χ1n) is 7.76. The predicted octanol–water partition coefficient (Wildman–Crippen LogP) is 4.25. The Morgan fingerprint density at radius 3 is 2.17 bits per heavy atom. The highest BCUT2D eigenvalue weighted by Gasteiger charge is 2.32. The third-order valence-corrected chi connectivity index (χ3v) is 4.21. The third-order valence-electron chi connectivity index (χ3n) is 4.21. The van der Waals surface area contributed by atoms with Crippen molar-refractivity contribution in [2.24, 2.45) is 11.3 Å². The molecule has 0 bridgehead atoms. The molecule has 110 valence electrons. The maximum atomic E-state index is 5.48. The summed E-state index contributed by atoms with van der Waals surface area (Å²) in [6.07, 6.45) is 9.53. The lowest BCUT2D eigenvalue weighted by Crippen LogP contribution is -2.41. The van der Waals surface area contributed by atoms with Crippen LogP contribution in [0.2, 0.25) is 0 Å². The first kappa shape index (κ1) is 17.9. The van der Waals surface area contributed by atoms with E-state index in [1.807, 2.05) is 14.2 Å². The lowest BCUT2D eigenvalue weighted by Gasteiger charge is -2.37. The Hall–Kier alpha value is -0.0800.